The van der Waals surface area contributed by atoms with Gasteiger partial charge < -0.3 is 5.11 Å². The summed E-state index contributed by atoms with van der Waals surface area (Å²) in [6.45, 7) is 1.97. The minimum absolute atomic E-state index is 0.254. The summed E-state index contributed by atoms with van der Waals surface area (Å²) in [4.78, 5) is 25.7. The third kappa shape index (κ3) is 5.17. The quantitative estimate of drug-likeness (QED) is 0.537. The molecule has 0 aromatic heterocycles. The van der Waals surface area contributed by atoms with Gasteiger partial charge in [-0.3, -0.25) is 9.69 Å². The molecule has 1 aromatic carbocycles. The van der Waals surface area contributed by atoms with Crippen LogP contribution in [0.5, 0.6) is 0 Å². The number of amides is 1. The molecule has 1 unspecified atom stereocenters. The summed E-state index contributed by atoms with van der Waals surface area (Å²) >= 11 is 12.5. The highest BCUT2D eigenvalue weighted by atomic mass is 35.5. The van der Waals surface area contributed by atoms with Gasteiger partial charge >= 0.3 is 5.97 Å². The first-order chi connectivity index (χ1) is 11.9. The molecule has 1 saturated heterocycles. The number of thioether (sulfide) groups is 1. The van der Waals surface area contributed by atoms with E-state index in [0.29, 0.717) is 22.8 Å². The highest BCUT2D eigenvalue weighted by molar-refractivity contribution is 8.26. The minimum atomic E-state index is -1.04. The number of carbonyl (C=O) groups excluding carboxylic acids is 1. The van der Waals surface area contributed by atoms with Gasteiger partial charge in [-0.15, -0.1) is 0 Å². The summed E-state index contributed by atoms with van der Waals surface area (Å²) in [6.07, 6.45) is 5.20. The number of carboxylic acid groups (broad SMARTS) is 1. The van der Waals surface area contributed by atoms with Gasteiger partial charge in [-0.1, -0.05) is 85.7 Å². The van der Waals surface area contributed by atoms with Crippen LogP contribution in [0.4, 0.5) is 0 Å². The summed E-state index contributed by atoms with van der Waals surface area (Å²) in [6, 6.07) is 8.54. The van der Waals surface area contributed by atoms with Crippen molar-refractivity contribution in [1.29, 1.82) is 0 Å². The Labute approximate surface area is 161 Å². The van der Waals surface area contributed by atoms with E-state index < -0.39 is 17.9 Å². The smallest absolute Gasteiger partial charge is 0.326 e. The Kier molecular flexibility index (Phi) is 7.23. The van der Waals surface area contributed by atoms with E-state index >= 15 is 0 Å². The van der Waals surface area contributed by atoms with Gasteiger partial charge in [-0.2, -0.15) is 0 Å². The van der Waals surface area contributed by atoms with Gasteiger partial charge in [0, 0.05) is 5.03 Å². The second-order valence-corrected chi connectivity index (χ2v) is 7.60. The first-order valence-electron chi connectivity index (χ1n) is 7.86. The summed E-state index contributed by atoms with van der Waals surface area (Å²) in [7, 11) is 0. The Morgan fingerprint density at radius 2 is 2.08 bits per heavy atom. The molecular weight excluding hydrogens is 378 g/mol. The molecule has 1 aliphatic rings. The number of carbonyl (C=O) groups is 2. The zero-order valence-electron chi connectivity index (χ0n) is 13.6. The number of hydrogen-bond acceptors (Lipinski definition) is 4. The van der Waals surface area contributed by atoms with Gasteiger partial charge in [-0.25, -0.2) is 4.79 Å². The maximum Gasteiger partial charge on any atom is 0.326 e. The molecule has 25 heavy (non-hydrogen) atoms. The van der Waals surface area contributed by atoms with E-state index in [1.807, 2.05) is 37.3 Å². The molecular formula is C18H18ClNO3S2. The van der Waals surface area contributed by atoms with Crippen LogP contribution in [0.1, 0.15) is 31.7 Å². The van der Waals surface area contributed by atoms with Crippen molar-refractivity contribution < 1.29 is 14.7 Å². The number of rotatable bonds is 7. The Morgan fingerprint density at radius 1 is 1.40 bits per heavy atom. The van der Waals surface area contributed by atoms with E-state index in [2.05, 4.69) is 0 Å². The number of hydrogen-bond donors (Lipinski definition) is 1. The van der Waals surface area contributed by atoms with E-state index in [9.17, 15) is 14.7 Å². The number of benzene rings is 1. The normalized spacial score (nSPS) is 18.1. The van der Waals surface area contributed by atoms with Crippen molar-refractivity contribution in [1.82, 2.24) is 4.90 Å². The minimum Gasteiger partial charge on any atom is -0.480 e. The average Bonchev–Trinajstić information content (AvgIpc) is 2.83. The molecule has 0 spiro atoms. The Hall–Kier alpha value is -1.63. The molecule has 1 N–H and O–H groups in total. The summed E-state index contributed by atoms with van der Waals surface area (Å²) in [5.41, 5.74) is 0.908. The fourth-order valence-electron chi connectivity index (χ4n) is 2.38. The fraction of sp³-hybridized carbons (Fsp3) is 0.278. The Balaban J connectivity index is 2.22. The summed E-state index contributed by atoms with van der Waals surface area (Å²) < 4.78 is 0.254. The predicted octanol–water partition coefficient (Wildman–Crippen LogP) is 4.65. The zero-order chi connectivity index (χ0) is 18.4. The molecule has 2 rings (SSSR count). The largest absolute Gasteiger partial charge is 0.480 e. The van der Waals surface area contributed by atoms with Crippen molar-refractivity contribution in [3.8, 4) is 0 Å². The van der Waals surface area contributed by atoms with E-state index in [-0.39, 0.29) is 4.32 Å². The van der Waals surface area contributed by atoms with Gasteiger partial charge in [0.25, 0.3) is 5.91 Å². The molecule has 1 atom stereocenters. The first kappa shape index (κ1) is 19.7. The van der Waals surface area contributed by atoms with E-state index in [0.717, 1.165) is 23.7 Å². The maximum absolute atomic E-state index is 12.6. The molecule has 0 radical (unpaired) electrons. The molecule has 132 valence electrons. The molecule has 4 nitrogen and oxygen atoms in total. The van der Waals surface area contributed by atoms with Gasteiger partial charge in [0.15, 0.2) is 0 Å². The Morgan fingerprint density at radius 3 is 2.68 bits per heavy atom. The fourth-order valence-corrected chi connectivity index (χ4v) is 4.03. The number of nitrogens with zero attached hydrogens (tertiary/aromatic N) is 1. The highest BCUT2D eigenvalue weighted by Gasteiger charge is 2.40. The molecule has 1 aromatic rings. The SMILES string of the molecule is CCCCC(C(=O)O)N1C(=O)/C(=C/C(Cl)=C/c2ccccc2)SC1=S. The first-order valence-corrected chi connectivity index (χ1v) is 9.46. The maximum atomic E-state index is 12.6. The number of unbranched alkanes of at least 4 members (excludes halogenated alkanes) is 1. The van der Waals surface area contributed by atoms with Gasteiger partial charge in [0.05, 0.1) is 4.91 Å². The lowest BCUT2D eigenvalue weighted by Crippen LogP contribution is -2.43. The van der Waals surface area contributed by atoms with Crippen LogP contribution in [0.25, 0.3) is 6.08 Å². The van der Waals surface area contributed by atoms with Crippen LogP contribution >= 0.6 is 35.6 Å². The van der Waals surface area contributed by atoms with Crippen LogP contribution in [0.15, 0.2) is 46.3 Å². The lowest BCUT2D eigenvalue weighted by molar-refractivity contribution is -0.145. The molecule has 1 aliphatic heterocycles. The molecule has 0 bridgehead atoms. The zero-order valence-corrected chi connectivity index (χ0v) is 16.0. The monoisotopic (exact) mass is 395 g/mol. The van der Waals surface area contributed by atoms with E-state index in [4.69, 9.17) is 23.8 Å². The lowest BCUT2D eigenvalue weighted by Gasteiger charge is -2.22. The standard InChI is InChI=1S/C18H18ClNO3S2/c1-2-3-9-14(17(22)23)20-16(21)15(25-18(20)24)11-13(19)10-12-7-5-4-6-8-12/h4-8,10-11,14H,2-3,9H2,1H3,(H,22,23)/b13-10-,15-11-. The van der Waals surface area contributed by atoms with E-state index in [1.165, 1.54) is 11.0 Å². The van der Waals surface area contributed by atoms with Gasteiger partial charge in [0.2, 0.25) is 0 Å². The van der Waals surface area contributed by atoms with Crippen molar-refractivity contribution in [3.05, 3.63) is 51.9 Å². The van der Waals surface area contributed by atoms with Crippen molar-refractivity contribution >= 4 is 57.9 Å². The van der Waals surface area contributed by atoms with E-state index in [1.54, 1.807) is 6.08 Å². The number of halogens is 1. The molecule has 0 saturated carbocycles. The van der Waals surface area contributed by atoms with Gasteiger partial charge in [0.1, 0.15) is 10.4 Å². The van der Waals surface area contributed by atoms with Crippen molar-refractivity contribution in [2.24, 2.45) is 0 Å². The van der Waals surface area contributed by atoms with Gasteiger partial charge in [-0.05, 0) is 24.1 Å². The summed E-state index contributed by atoms with van der Waals surface area (Å²) in [5.74, 6) is -1.45. The lowest BCUT2D eigenvalue weighted by atomic mass is 10.1. The van der Waals surface area contributed by atoms with Crippen molar-refractivity contribution in [2.75, 3.05) is 0 Å². The van der Waals surface area contributed by atoms with Crippen LogP contribution in [-0.2, 0) is 9.59 Å². The Bertz CT molecular complexity index is 731. The molecule has 7 heteroatoms. The van der Waals surface area contributed by atoms with Crippen LogP contribution < -0.4 is 0 Å². The summed E-state index contributed by atoms with van der Waals surface area (Å²) in [5, 5.41) is 9.82. The second-order valence-electron chi connectivity index (χ2n) is 5.49. The van der Waals surface area contributed by atoms with Crippen molar-refractivity contribution in [2.45, 2.75) is 32.2 Å². The van der Waals surface area contributed by atoms with Crippen LogP contribution in [0.2, 0.25) is 0 Å². The number of aliphatic carboxylic acids is 1. The van der Waals surface area contributed by atoms with Crippen LogP contribution in [0, 0.1) is 0 Å². The topological polar surface area (TPSA) is 57.6 Å². The number of thiocarbonyl (C=S) groups is 1. The molecule has 0 aliphatic carbocycles. The van der Waals surface area contributed by atoms with Crippen molar-refractivity contribution in [3.63, 3.8) is 0 Å². The number of carboxylic acids is 1. The second kappa shape index (κ2) is 9.17. The molecule has 1 heterocycles. The third-order valence-corrected chi connectivity index (χ3v) is 5.17. The van der Waals surface area contributed by atoms with Crippen LogP contribution in [-0.4, -0.2) is 32.2 Å². The predicted molar refractivity (Wildman–Crippen MR) is 106 cm³/mol. The average molecular weight is 396 g/mol. The van der Waals surface area contributed by atoms with Crippen LogP contribution in [0.3, 0.4) is 0 Å². The number of allylic oxidation sites excluding steroid dienone is 2. The third-order valence-electron chi connectivity index (χ3n) is 3.62. The highest BCUT2D eigenvalue weighted by Crippen LogP contribution is 2.35. The molecule has 1 amide bonds. The molecule has 1 fully saturated rings.